The van der Waals surface area contributed by atoms with E-state index in [-0.39, 0.29) is 0 Å². The molecular formula is C13H24N2O. The topological polar surface area (TPSA) is 46.3 Å². The lowest BCUT2D eigenvalue weighted by Crippen LogP contribution is -2.39. The van der Waals surface area contributed by atoms with Crippen molar-refractivity contribution in [2.75, 3.05) is 13.1 Å². The Kier molecular flexibility index (Phi) is 4.22. The van der Waals surface area contributed by atoms with E-state index < -0.39 is 0 Å². The van der Waals surface area contributed by atoms with E-state index in [1.807, 2.05) is 0 Å². The first-order chi connectivity index (χ1) is 7.83. The van der Waals surface area contributed by atoms with Gasteiger partial charge in [-0.05, 0) is 44.6 Å². The molecule has 1 atom stereocenters. The highest BCUT2D eigenvalue weighted by Gasteiger charge is 2.35. The van der Waals surface area contributed by atoms with Crippen LogP contribution in [-0.2, 0) is 4.79 Å². The van der Waals surface area contributed by atoms with E-state index in [2.05, 4.69) is 4.90 Å². The van der Waals surface area contributed by atoms with E-state index in [1.54, 1.807) is 0 Å². The number of carbonyl (C=O) groups is 1. The maximum Gasteiger partial charge on any atom is 0.222 e. The van der Waals surface area contributed by atoms with Crippen LogP contribution in [0.1, 0.15) is 51.4 Å². The van der Waals surface area contributed by atoms with Crippen LogP contribution in [0.15, 0.2) is 0 Å². The first-order valence-electron chi connectivity index (χ1n) is 6.82. The van der Waals surface area contributed by atoms with Crippen molar-refractivity contribution >= 4 is 5.91 Å². The van der Waals surface area contributed by atoms with Crippen LogP contribution in [0.2, 0.25) is 0 Å². The lowest BCUT2D eigenvalue weighted by atomic mass is 9.96. The Morgan fingerprint density at radius 2 is 1.94 bits per heavy atom. The third-order valence-electron chi connectivity index (χ3n) is 4.16. The fraction of sp³-hybridized carbons (Fsp3) is 0.923. The van der Waals surface area contributed by atoms with Gasteiger partial charge in [-0.15, -0.1) is 0 Å². The van der Waals surface area contributed by atoms with Crippen molar-refractivity contribution in [1.29, 1.82) is 0 Å². The average Bonchev–Trinajstić information content (AvgIpc) is 2.94. The predicted molar refractivity (Wildman–Crippen MR) is 65.0 cm³/mol. The van der Waals surface area contributed by atoms with E-state index in [1.165, 1.54) is 38.5 Å². The molecule has 16 heavy (non-hydrogen) atoms. The normalized spacial score (nSPS) is 26.6. The molecule has 1 saturated heterocycles. The molecule has 1 heterocycles. The van der Waals surface area contributed by atoms with Crippen LogP contribution in [0.3, 0.4) is 0 Å². The van der Waals surface area contributed by atoms with Gasteiger partial charge in [-0.25, -0.2) is 0 Å². The molecule has 92 valence electrons. The number of nitrogens with two attached hydrogens (primary N) is 1. The summed E-state index contributed by atoms with van der Waals surface area (Å²) in [4.78, 5) is 14.2. The van der Waals surface area contributed by atoms with Crippen LogP contribution >= 0.6 is 0 Å². The molecule has 1 aliphatic carbocycles. The molecule has 1 unspecified atom stereocenters. The summed E-state index contributed by atoms with van der Waals surface area (Å²) < 4.78 is 0. The third-order valence-corrected chi connectivity index (χ3v) is 4.16. The van der Waals surface area contributed by atoms with Crippen molar-refractivity contribution in [2.45, 2.75) is 57.4 Å². The summed E-state index contributed by atoms with van der Waals surface area (Å²) in [6, 6.07) is 0.563. The molecule has 3 heteroatoms. The molecule has 3 nitrogen and oxygen atoms in total. The molecule has 0 aromatic heterocycles. The van der Waals surface area contributed by atoms with Crippen LogP contribution in [-0.4, -0.2) is 29.9 Å². The largest absolute Gasteiger partial charge is 0.339 e. The number of amides is 1. The van der Waals surface area contributed by atoms with Crippen molar-refractivity contribution in [1.82, 2.24) is 4.90 Å². The Morgan fingerprint density at radius 1 is 1.19 bits per heavy atom. The van der Waals surface area contributed by atoms with Gasteiger partial charge in [0.25, 0.3) is 0 Å². The van der Waals surface area contributed by atoms with E-state index in [4.69, 9.17) is 5.73 Å². The fourth-order valence-electron chi connectivity index (χ4n) is 3.33. The Hall–Kier alpha value is -0.570. The molecule has 2 rings (SSSR count). The number of rotatable bonds is 4. The second-order valence-electron chi connectivity index (χ2n) is 5.23. The van der Waals surface area contributed by atoms with Crippen molar-refractivity contribution < 1.29 is 4.79 Å². The summed E-state index contributed by atoms with van der Waals surface area (Å²) in [6.45, 7) is 1.62. The summed E-state index contributed by atoms with van der Waals surface area (Å²) in [5.41, 5.74) is 5.46. The molecule has 2 fully saturated rings. The quantitative estimate of drug-likeness (QED) is 0.793. The maximum absolute atomic E-state index is 12.0. The van der Waals surface area contributed by atoms with Gasteiger partial charge in [0.05, 0.1) is 0 Å². The van der Waals surface area contributed by atoms with E-state index in [9.17, 15) is 4.79 Å². The van der Waals surface area contributed by atoms with Gasteiger partial charge < -0.3 is 10.6 Å². The zero-order valence-corrected chi connectivity index (χ0v) is 10.2. The molecule has 2 N–H and O–H groups in total. The van der Waals surface area contributed by atoms with E-state index in [0.717, 1.165) is 18.9 Å². The van der Waals surface area contributed by atoms with Gasteiger partial charge in [-0.2, -0.15) is 0 Å². The lowest BCUT2D eigenvalue weighted by Gasteiger charge is -2.29. The maximum atomic E-state index is 12.0. The molecule has 1 aliphatic heterocycles. The van der Waals surface area contributed by atoms with Crippen molar-refractivity contribution in [3.05, 3.63) is 0 Å². The second kappa shape index (κ2) is 5.67. The Labute approximate surface area is 98.4 Å². The van der Waals surface area contributed by atoms with Gasteiger partial charge in [0, 0.05) is 19.0 Å². The highest BCUT2D eigenvalue weighted by Crippen LogP contribution is 2.35. The van der Waals surface area contributed by atoms with Crippen molar-refractivity contribution in [3.8, 4) is 0 Å². The third kappa shape index (κ3) is 2.57. The van der Waals surface area contributed by atoms with E-state index in [0.29, 0.717) is 24.9 Å². The van der Waals surface area contributed by atoms with Crippen LogP contribution in [0.4, 0.5) is 0 Å². The highest BCUT2D eigenvalue weighted by atomic mass is 16.2. The van der Waals surface area contributed by atoms with Crippen molar-refractivity contribution in [2.24, 2.45) is 11.7 Å². The molecule has 0 spiro atoms. The summed E-state index contributed by atoms with van der Waals surface area (Å²) >= 11 is 0. The van der Waals surface area contributed by atoms with Crippen LogP contribution < -0.4 is 5.73 Å². The van der Waals surface area contributed by atoms with Gasteiger partial charge in [-0.1, -0.05) is 12.8 Å². The minimum Gasteiger partial charge on any atom is -0.339 e. The first kappa shape index (κ1) is 11.9. The number of hydrogen-bond donors (Lipinski definition) is 1. The van der Waals surface area contributed by atoms with Gasteiger partial charge >= 0.3 is 0 Å². The molecule has 0 aromatic rings. The SMILES string of the molecule is NCCCC(=O)N1CCCC1C1CCCC1. The molecule has 0 radical (unpaired) electrons. The van der Waals surface area contributed by atoms with Gasteiger partial charge in [0.2, 0.25) is 5.91 Å². The lowest BCUT2D eigenvalue weighted by molar-refractivity contribution is -0.133. The standard InChI is InChI=1S/C13H24N2O/c14-9-3-8-13(16)15-10-4-7-12(15)11-5-1-2-6-11/h11-12H,1-10,14H2. The molecule has 1 amide bonds. The minimum absolute atomic E-state index is 0.347. The monoisotopic (exact) mass is 224 g/mol. The van der Waals surface area contributed by atoms with Crippen molar-refractivity contribution in [3.63, 3.8) is 0 Å². The molecule has 2 aliphatic rings. The average molecular weight is 224 g/mol. The first-order valence-corrected chi connectivity index (χ1v) is 6.82. The number of nitrogens with zero attached hydrogens (tertiary/aromatic N) is 1. The Balaban J connectivity index is 1.89. The van der Waals surface area contributed by atoms with Gasteiger partial charge in [-0.3, -0.25) is 4.79 Å². The molecule has 0 bridgehead atoms. The number of carbonyl (C=O) groups excluding carboxylic acids is 1. The smallest absolute Gasteiger partial charge is 0.222 e. The van der Waals surface area contributed by atoms with Crippen LogP contribution in [0, 0.1) is 5.92 Å². The van der Waals surface area contributed by atoms with Gasteiger partial charge in [0.15, 0.2) is 0 Å². The second-order valence-corrected chi connectivity index (χ2v) is 5.23. The molecular weight excluding hydrogens is 200 g/mol. The zero-order valence-electron chi connectivity index (χ0n) is 10.2. The summed E-state index contributed by atoms with van der Waals surface area (Å²) in [5.74, 6) is 1.14. The Morgan fingerprint density at radius 3 is 2.62 bits per heavy atom. The minimum atomic E-state index is 0.347. The molecule has 0 aromatic carbocycles. The fourth-order valence-corrected chi connectivity index (χ4v) is 3.33. The Bertz CT molecular complexity index is 236. The zero-order chi connectivity index (χ0) is 11.4. The summed E-state index contributed by atoms with van der Waals surface area (Å²) in [5, 5.41) is 0. The van der Waals surface area contributed by atoms with E-state index >= 15 is 0 Å². The van der Waals surface area contributed by atoms with Crippen LogP contribution in [0.25, 0.3) is 0 Å². The van der Waals surface area contributed by atoms with Gasteiger partial charge in [0.1, 0.15) is 0 Å². The molecule has 1 saturated carbocycles. The summed E-state index contributed by atoms with van der Waals surface area (Å²) in [7, 11) is 0. The number of hydrogen-bond acceptors (Lipinski definition) is 2. The highest BCUT2D eigenvalue weighted by molar-refractivity contribution is 5.76. The van der Waals surface area contributed by atoms with Crippen LogP contribution in [0.5, 0.6) is 0 Å². The predicted octanol–water partition coefficient (Wildman–Crippen LogP) is 1.91. The summed E-state index contributed by atoms with van der Waals surface area (Å²) in [6.07, 6.45) is 9.34. The number of likely N-dealkylation sites (tertiary alicyclic amines) is 1.